The molecule has 1 fully saturated rings. The standard InChI is InChI=1S/C16H20N4O3/c21-14-11-3-1-2-4-12(11)19-16(23)13(14)15(22)18-7-10-20-8-5-17-6-9-20/h1-4,17H,5-10H2,(H,18,22)(H2,19,21,23). The van der Waals surface area contributed by atoms with E-state index in [4.69, 9.17) is 0 Å². The SMILES string of the molecule is O=C(NCCN1CCNCC1)c1c(O)c2ccccc2[nH]c1=O. The van der Waals surface area contributed by atoms with Gasteiger partial charge in [0.25, 0.3) is 11.5 Å². The molecule has 1 amide bonds. The number of carbonyl (C=O) groups is 1. The van der Waals surface area contributed by atoms with Gasteiger partial charge in [-0.05, 0) is 12.1 Å². The molecule has 1 aromatic heterocycles. The molecule has 0 spiro atoms. The summed E-state index contributed by atoms with van der Waals surface area (Å²) in [5.41, 5.74) is -0.308. The van der Waals surface area contributed by atoms with E-state index < -0.39 is 11.5 Å². The normalized spacial score (nSPS) is 15.7. The second-order valence-electron chi connectivity index (χ2n) is 5.57. The molecule has 7 heteroatoms. The number of nitrogens with zero attached hydrogens (tertiary/aromatic N) is 1. The lowest BCUT2D eigenvalue weighted by Crippen LogP contribution is -2.46. The molecule has 0 unspecified atom stereocenters. The van der Waals surface area contributed by atoms with Crippen molar-refractivity contribution in [1.82, 2.24) is 20.5 Å². The van der Waals surface area contributed by atoms with Crippen LogP contribution >= 0.6 is 0 Å². The van der Waals surface area contributed by atoms with Gasteiger partial charge in [-0.2, -0.15) is 0 Å². The third-order valence-corrected chi connectivity index (χ3v) is 4.04. The minimum absolute atomic E-state index is 0.232. The van der Waals surface area contributed by atoms with Crippen molar-refractivity contribution < 1.29 is 9.90 Å². The Hall–Kier alpha value is -2.38. The zero-order valence-electron chi connectivity index (χ0n) is 12.8. The molecular formula is C16H20N4O3. The first-order valence-corrected chi connectivity index (χ1v) is 7.72. The summed E-state index contributed by atoms with van der Waals surface area (Å²) in [6.07, 6.45) is 0. The molecule has 1 aliphatic heterocycles. The number of aromatic amines is 1. The van der Waals surface area contributed by atoms with Gasteiger partial charge in [0.2, 0.25) is 0 Å². The van der Waals surface area contributed by atoms with Crippen LogP contribution in [0.25, 0.3) is 10.9 Å². The molecule has 0 aliphatic carbocycles. The number of hydrogen-bond donors (Lipinski definition) is 4. The summed E-state index contributed by atoms with van der Waals surface area (Å²) in [5, 5.41) is 16.7. The Bertz CT molecular complexity index is 765. The van der Waals surface area contributed by atoms with Gasteiger partial charge in [-0.1, -0.05) is 12.1 Å². The molecule has 1 aromatic carbocycles. The van der Waals surface area contributed by atoms with E-state index in [-0.39, 0.29) is 11.3 Å². The van der Waals surface area contributed by atoms with Crippen molar-refractivity contribution in [2.45, 2.75) is 0 Å². The topological polar surface area (TPSA) is 97.5 Å². The molecule has 23 heavy (non-hydrogen) atoms. The molecule has 0 saturated carbocycles. The average Bonchev–Trinajstić information content (AvgIpc) is 2.56. The van der Waals surface area contributed by atoms with E-state index in [1.807, 2.05) is 0 Å². The molecular weight excluding hydrogens is 296 g/mol. The van der Waals surface area contributed by atoms with Crippen molar-refractivity contribution in [3.05, 3.63) is 40.2 Å². The Morgan fingerprint density at radius 3 is 2.78 bits per heavy atom. The summed E-state index contributed by atoms with van der Waals surface area (Å²) in [5.74, 6) is -0.825. The van der Waals surface area contributed by atoms with E-state index in [1.165, 1.54) is 0 Å². The van der Waals surface area contributed by atoms with E-state index in [0.29, 0.717) is 17.4 Å². The molecule has 3 rings (SSSR count). The molecule has 0 atom stereocenters. The van der Waals surface area contributed by atoms with Gasteiger partial charge in [-0.15, -0.1) is 0 Å². The molecule has 1 aliphatic rings. The fourth-order valence-electron chi connectivity index (χ4n) is 2.79. The van der Waals surface area contributed by atoms with Gasteiger partial charge in [0.1, 0.15) is 11.3 Å². The Morgan fingerprint density at radius 1 is 1.26 bits per heavy atom. The lowest BCUT2D eigenvalue weighted by Gasteiger charge is -2.27. The summed E-state index contributed by atoms with van der Waals surface area (Å²) >= 11 is 0. The number of benzene rings is 1. The van der Waals surface area contributed by atoms with Crippen LogP contribution in [-0.4, -0.2) is 60.2 Å². The summed E-state index contributed by atoms with van der Waals surface area (Å²) in [7, 11) is 0. The smallest absolute Gasteiger partial charge is 0.265 e. The van der Waals surface area contributed by atoms with E-state index >= 15 is 0 Å². The minimum atomic E-state index is -0.583. The number of rotatable bonds is 4. The van der Waals surface area contributed by atoms with Crippen LogP contribution in [0.1, 0.15) is 10.4 Å². The number of piperazine rings is 1. The fraction of sp³-hybridized carbons (Fsp3) is 0.375. The van der Waals surface area contributed by atoms with E-state index in [1.54, 1.807) is 24.3 Å². The maximum atomic E-state index is 12.2. The number of fused-ring (bicyclic) bond motifs is 1. The average molecular weight is 316 g/mol. The number of pyridine rings is 1. The largest absolute Gasteiger partial charge is 0.506 e. The molecule has 0 bridgehead atoms. The van der Waals surface area contributed by atoms with Crippen LogP contribution < -0.4 is 16.2 Å². The predicted molar refractivity (Wildman–Crippen MR) is 87.9 cm³/mol. The molecule has 122 valence electrons. The van der Waals surface area contributed by atoms with Crippen LogP contribution in [0.2, 0.25) is 0 Å². The lowest BCUT2D eigenvalue weighted by molar-refractivity contribution is 0.0943. The van der Waals surface area contributed by atoms with Crippen LogP contribution in [0.4, 0.5) is 0 Å². The number of amides is 1. The number of nitrogens with one attached hydrogen (secondary N) is 3. The number of H-pyrrole nitrogens is 1. The summed E-state index contributed by atoms with van der Waals surface area (Å²) < 4.78 is 0. The predicted octanol–water partition coefficient (Wildman–Crippen LogP) is -0.131. The van der Waals surface area contributed by atoms with E-state index in [2.05, 4.69) is 20.5 Å². The van der Waals surface area contributed by atoms with Gasteiger partial charge in [-0.3, -0.25) is 14.5 Å². The van der Waals surface area contributed by atoms with Crippen LogP contribution in [0.15, 0.2) is 29.1 Å². The zero-order valence-corrected chi connectivity index (χ0v) is 12.8. The van der Waals surface area contributed by atoms with Crippen LogP contribution in [0, 0.1) is 0 Å². The molecule has 2 heterocycles. The Kier molecular flexibility index (Phi) is 4.59. The van der Waals surface area contributed by atoms with Crippen molar-refractivity contribution in [3.63, 3.8) is 0 Å². The monoisotopic (exact) mass is 316 g/mol. The number of aromatic hydroxyl groups is 1. The second-order valence-corrected chi connectivity index (χ2v) is 5.57. The zero-order chi connectivity index (χ0) is 16.2. The minimum Gasteiger partial charge on any atom is -0.506 e. The van der Waals surface area contributed by atoms with Gasteiger partial charge in [0.05, 0.1) is 5.52 Å². The van der Waals surface area contributed by atoms with Crippen LogP contribution in [-0.2, 0) is 0 Å². The van der Waals surface area contributed by atoms with Gasteiger partial charge in [-0.25, -0.2) is 0 Å². The Balaban J connectivity index is 1.71. The number of hydrogen-bond acceptors (Lipinski definition) is 5. The highest BCUT2D eigenvalue weighted by atomic mass is 16.3. The summed E-state index contributed by atoms with van der Waals surface area (Å²) in [4.78, 5) is 29.2. The first kappa shape index (κ1) is 15.5. The van der Waals surface area contributed by atoms with Crippen LogP contribution in [0.3, 0.4) is 0 Å². The van der Waals surface area contributed by atoms with Crippen molar-refractivity contribution in [1.29, 1.82) is 0 Å². The van der Waals surface area contributed by atoms with Gasteiger partial charge < -0.3 is 20.7 Å². The van der Waals surface area contributed by atoms with E-state index in [0.717, 1.165) is 32.7 Å². The van der Waals surface area contributed by atoms with Gasteiger partial charge in [0.15, 0.2) is 0 Å². The third kappa shape index (κ3) is 3.35. The fourth-order valence-corrected chi connectivity index (χ4v) is 2.79. The number of para-hydroxylation sites is 1. The quantitative estimate of drug-likeness (QED) is 0.630. The van der Waals surface area contributed by atoms with Crippen molar-refractivity contribution in [2.75, 3.05) is 39.3 Å². The first-order chi connectivity index (χ1) is 11.2. The molecule has 1 saturated heterocycles. The third-order valence-electron chi connectivity index (χ3n) is 4.04. The highest BCUT2D eigenvalue weighted by Gasteiger charge is 2.19. The molecule has 0 radical (unpaired) electrons. The van der Waals surface area contributed by atoms with Crippen molar-refractivity contribution in [2.24, 2.45) is 0 Å². The maximum Gasteiger partial charge on any atom is 0.265 e. The first-order valence-electron chi connectivity index (χ1n) is 7.72. The molecule has 2 aromatic rings. The lowest BCUT2D eigenvalue weighted by atomic mass is 10.1. The second kappa shape index (κ2) is 6.80. The maximum absolute atomic E-state index is 12.2. The van der Waals surface area contributed by atoms with Crippen molar-refractivity contribution >= 4 is 16.8 Å². The van der Waals surface area contributed by atoms with Crippen LogP contribution in [0.5, 0.6) is 5.75 Å². The molecule has 7 nitrogen and oxygen atoms in total. The van der Waals surface area contributed by atoms with Crippen molar-refractivity contribution in [3.8, 4) is 5.75 Å². The highest BCUT2D eigenvalue weighted by molar-refractivity contribution is 6.01. The Morgan fingerprint density at radius 2 is 2.00 bits per heavy atom. The summed E-state index contributed by atoms with van der Waals surface area (Å²) in [6.45, 7) is 4.93. The van der Waals surface area contributed by atoms with Gasteiger partial charge >= 0.3 is 0 Å². The summed E-state index contributed by atoms with van der Waals surface area (Å²) in [6, 6.07) is 6.85. The molecule has 4 N–H and O–H groups in total. The highest BCUT2D eigenvalue weighted by Crippen LogP contribution is 2.24. The number of aromatic nitrogens is 1. The van der Waals surface area contributed by atoms with E-state index in [9.17, 15) is 14.7 Å². The number of carbonyl (C=O) groups excluding carboxylic acids is 1. The Labute approximate surface area is 133 Å². The van der Waals surface area contributed by atoms with Gasteiger partial charge in [0, 0.05) is 44.7 Å².